The summed E-state index contributed by atoms with van der Waals surface area (Å²) in [6, 6.07) is 57.5. The molecule has 0 saturated carbocycles. The van der Waals surface area contributed by atoms with Gasteiger partial charge < -0.3 is 13.5 Å². The van der Waals surface area contributed by atoms with E-state index in [1.54, 1.807) is 0 Å². The number of hydrogen-bond acceptors (Lipinski definition) is 0. The number of aromatic nitrogens is 3. The van der Waals surface area contributed by atoms with Gasteiger partial charge in [-0.2, -0.15) is 0 Å². The number of rotatable bonds is 3. The third kappa shape index (κ3) is 3.42. The molecule has 0 spiro atoms. The number of benzene rings is 6. The van der Waals surface area contributed by atoms with Crippen molar-refractivity contribution in [2.24, 2.45) is 0 Å². The lowest BCUT2D eigenvalue weighted by Crippen LogP contribution is -1.94. The van der Waals surface area contributed by atoms with E-state index >= 15 is 0 Å². The summed E-state index contributed by atoms with van der Waals surface area (Å²) in [7, 11) is 0. The molecule has 48 heavy (non-hydrogen) atoms. The molecule has 0 aliphatic rings. The van der Waals surface area contributed by atoms with Gasteiger partial charge in [0.1, 0.15) is 0 Å². The van der Waals surface area contributed by atoms with Crippen LogP contribution >= 0.6 is 15.9 Å². The van der Waals surface area contributed by atoms with Crippen LogP contribution in [0.5, 0.6) is 0 Å². The number of hydrogen-bond donors (Lipinski definition) is 0. The molecule has 5 aromatic heterocycles. The number of halogens is 1. The second-order valence-corrected chi connectivity index (χ2v) is 13.6. The van der Waals surface area contributed by atoms with Gasteiger partial charge in [-0.3, -0.25) is 0 Å². The van der Waals surface area contributed by atoms with Crippen LogP contribution in [0.2, 0.25) is 0 Å². The van der Waals surface area contributed by atoms with E-state index in [0.717, 1.165) is 10.2 Å². The SMILES string of the molecule is Brc1cc2c3ccccc3c3c4c(c5cc(-c6ccc7c(c6)c6ccccc6n7-c6ccccc6)ccc5n4-c4ccccc4)c(c1)n23. The van der Waals surface area contributed by atoms with Crippen molar-refractivity contribution in [2.75, 3.05) is 0 Å². The molecule has 0 saturated heterocycles. The Kier molecular flexibility index (Phi) is 5.25. The molecule has 11 aromatic rings. The summed E-state index contributed by atoms with van der Waals surface area (Å²) in [5.74, 6) is 0. The molecule has 11 rings (SSSR count). The summed E-state index contributed by atoms with van der Waals surface area (Å²) < 4.78 is 8.40. The minimum atomic E-state index is 1.09. The molecule has 0 N–H and O–H groups in total. The first-order chi connectivity index (χ1) is 23.7. The average Bonchev–Trinajstić information content (AvgIpc) is 3.85. The van der Waals surface area contributed by atoms with E-state index in [-0.39, 0.29) is 0 Å². The van der Waals surface area contributed by atoms with Crippen molar-refractivity contribution in [1.82, 2.24) is 13.5 Å². The predicted molar refractivity (Wildman–Crippen MR) is 205 cm³/mol. The second kappa shape index (κ2) is 9.60. The van der Waals surface area contributed by atoms with Crippen LogP contribution in [0.4, 0.5) is 0 Å². The lowest BCUT2D eigenvalue weighted by Gasteiger charge is -2.10. The van der Waals surface area contributed by atoms with Crippen molar-refractivity contribution >= 4 is 86.9 Å². The summed E-state index contributed by atoms with van der Waals surface area (Å²) in [6.07, 6.45) is 0. The van der Waals surface area contributed by atoms with Gasteiger partial charge in [0.2, 0.25) is 0 Å². The topological polar surface area (TPSA) is 14.3 Å². The minimum Gasteiger partial charge on any atom is -0.309 e. The van der Waals surface area contributed by atoms with Crippen molar-refractivity contribution in [3.05, 3.63) is 162 Å². The Bertz CT molecular complexity index is 3050. The molecule has 5 heterocycles. The van der Waals surface area contributed by atoms with Crippen LogP contribution in [0.25, 0.3) is 93.4 Å². The van der Waals surface area contributed by atoms with Crippen LogP contribution in [0.1, 0.15) is 0 Å². The van der Waals surface area contributed by atoms with Crippen molar-refractivity contribution in [1.29, 1.82) is 0 Å². The van der Waals surface area contributed by atoms with Crippen molar-refractivity contribution in [3.8, 4) is 22.5 Å². The molecule has 0 atom stereocenters. The summed E-state index contributed by atoms with van der Waals surface area (Å²) in [5.41, 5.74) is 13.4. The first-order valence-corrected chi connectivity index (χ1v) is 17.1. The monoisotopic (exact) mass is 675 g/mol. The van der Waals surface area contributed by atoms with Gasteiger partial charge in [0.05, 0.1) is 38.6 Å². The quantitative estimate of drug-likeness (QED) is 0.177. The predicted octanol–water partition coefficient (Wildman–Crippen LogP) is 12.3. The van der Waals surface area contributed by atoms with Gasteiger partial charge in [-0.05, 0) is 77.9 Å². The maximum atomic E-state index is 3.88. The van der Waals surface area contributed by atoms with Crippen LogP contribution in [-0.2, 0) is 0 Å². The molecule has 0 radical (unpaired) electrons. The van der Waals surface area contributed by atoms with Gasteiger partial charge in [0.15, 0.2) is 0 Å². The molecule has 0 unspecified atom stereocenters. The first-order valence-electron chi connectivity index (χ1n) is 16.3. The van der Waals surface area contributed by atoms with Crippen LogP contribution in [0.15, 0.2) is 162 Å². The van der Waals surface area contributed by atoms with Crippen molar-refractivity contribution in [3.63, 3.8) is 0 Å². The van der Waals surface area contributed by atoms with Gasteiger partial charge in [0.25, 0.3) is 0 Å². The summed E-state index contributed by atoms with van der Waals surface area (Å²) in [4.78, 5) is 0. The molecule has 0 amide bonds. The standard InChI is InChI=1S/C44H26BrN3/c45-29-25-40-32-15-7-8-17-34(32)43-44-42(41(26-29)48(40)43)36-24-28(20-22-39(36)47(44)31-13-5-2-6-14-31)27-19-21-38-35(23-27)33-16-9-10-18-37(33)46(38)30-11-3-1-4-12-30/h1-26H. The maximum absolute atomic E-state index is 3.88. The fourth-order valence-corrected chi connectivity index (χ4v) is 8.69. The largest absolute Gasteiger partial charge is 0.309 e. The molecule has 224 valence electrons. The van der Waals surface area contributed by atoms with Crippen LogP contribution in [-0.4, -0.2) is 13.5 Å². The number of para-hydroxylation sites is 3. The summed E-state index contributed by atoms with van der Waals surface area (Å²) in [6.45, 7) is 0. The van der Waals surface area contributed by atoms with Gasteiger partial charge in [-0.15, -0.1) is 0 Å². The van der Waals surface area contributed by atoms with E-state index in [0.29, 0.717) is 0 Å². The highest BCUT2D eigenvalue weighted by Gasteiger charge is 2.25. The minimum absolute atomic E-state index is 1.09. The Morgan fingerprint density at radius 2 is 0.875 bits per heavy atom. The van der Waals surface area contributed by atoms with Crippen LogP contribution in [0, 0.1) is 0 Å². The molecule has 0 aliphatic heterocycles. The van der Waals surface area contributed by atoms with E-state index in [2.05, 4.69) is 187 Å². The first kappa shape index (κ1) is 26.3. The lowest BCUT2D eigenvalue weighted by atomic mass is 10.0. The third-order valence-electron chi connectivity index (χ3n) is 10.2. The fourth-order valence-electron chi connectivity index (χ4n) is 8.26. The Hall–Kier alpha value is -5.84. The zero-order valence-electron chi connectivity index (χ0n) is 25.7. The molecular formula is C44H26BrN3. The molecule has 0 bridgehead atoms. The van der Waals surface area contributed by atoms with E-state index in [9.17, 15) is 0 Å². The van der Waals surface area contributed by atoms with Crippen LogP contribution in [0.3, 0.4) is 0 Å². The molecule has 0 aliphatic carbocycles. The normalized spacial score (nSPS) is 12.3. The maximum Gasteiger partial charge on any atom is 0.0810 e. The van der Waals surface area contributed by atoms with E-state index < -0.39 is 0 Å². The molecule has 4 heteroatoms. The Balaban J connectivity index is 1.24. The van der Waals surface area contributed by atoms with E-state index in [1.165, 1.54) is 87.7 Å². The van der Waals surface area contributed by atoms with Crippen molar-refractivity contribution < 1.29 is 0 Å². The Morgan fingerprint density at radius 3 is 1.58 bits per heavy atom. The van der Waals surface area contributed by atoms with Gasteiger partial charge in [-0.1, -0.05) is 107 Å². The van der Waals surface area contributed by atoms with Gasteiger partial charge in [0, 0.05) is 48.2 Å². The summed E-state index contributed by atoms with van der Waals surface area (Å²) >= 11 is 3.88. The number of nitrogens with zero attached hydrogens (tertiary/aromatic N) is 3. The molecular weight excluding hydrogens is 650 g/mol. The highest BCUT2D eigenvalue weighted by atomic mass is 79.9. The number of fused-ring (bicyclic) bond motifs is 11. The summed E-state index contributed by atoms with van der Waals surface area (Å²) in [5, 5.41) is 7.61. The van der Waals surface area contributed by atoms with Gasteiger partial charge >= 0.3 is 0 Å². The van der Waals surface area contributed by atoms with E-state index in [4.69, 9.17) is 0 Å². The second-order valence-electron chi connectivity index (χ2n) is 12.7. The molecule has 6 aromatic carbocycles. The number of pyridine rings is 1. The zero-order valence-corrected chi connectivity index (χ0v) is 27.3. The van der Waals surface area contributed by atoms with E-state index in [1.807, 2.05) is 0 Å². The highest BCUT2D eigenvalue weighted by molar-refractivity contribution is 9.10. The molecule has 3 nitrogen and oxygen atoms in total. The lowest BCUT2D eigenvalue weighted by molar-refractivity contribution is 1.18. The Labute approximate surface area is 283 Å². The Morgan fingerprint density at radius 1 is 0.354 bits per heavy atom. The zero-order chi connectivity index (χ0) is 31.5. The molecule has 0 fully saturated rings. The highest BCUT2D eigenvalue weighted by Crippen LogP contribution is 2.46. The van der Waals surface area contributed by atoms with Gasteiger partial charge in [-0.25, -0.2) is 0 Å². The van der Waals surface area contributed by atoms with Crippen LogP contribution < -0.4 is 0 Å². The smallest absolute Gasteiger partial charge is 0.0810 e. The third-order valence-corrected chi connectivity index (χ3v) is 10.7. The average molecular weight is 677 g/mol. The fraction of sp³-hybridized carbons (Fsp3) is 0. The van der Waals surface area contributed by atoms with Crippen molar-refractivity contribution in [2.45, 2.75) is 0 Å².